The molecule has 0 radical (unpaired) electrons. The predicted molar refractivity (Wildman–Crippen MR) is 112 cm³/mol. The number of hydrogen-bond acceptors (Lipinski definition) is 4. The number of nitrogens with zero attached hydrogens (tertiary/aromatic N) is 3. The molecule has 1 aromatic carbocycles. The quantitative estimate of drug-likeness (QED) is 0.357. The van der Waals surface area contributed by atoms with Gasteiger partial charge in [-0.3, -0.25) is 4.99 Å². The van der Waals surface area contributed by atoms with Gasteiger partial charge in [-0.05, 0) is 52.2 Å². The van der Waals surface area contributed by atoms with Crippen LogP contribution in [0.25, 0.3) is 0 Å². The smallest absolute Gasteiger partial charge is 0.404 e. The van der Waals surface area contributed by atoms with E-state index in [1.54, 1.807) is 6.07 Å². The number of rotatable bonds is 6. The van der Waals surface area contributed by atoms with Gasteiger partial charge in [0.05, 0.1) is 12.2 Å². The molecule has 0 bridgehead atoms. The maximum Gasteiger partial charge on any atom is 0.573 e. The summed E-state index contributed by atoms with van der Waals surface area (Å²) in [5, 5.41) is 2.67. The maximum atomic E-state index is 12.4. The second kappa shape index (κ2) is 10.9. The minimum atomic E-state index is -4.76. The van der Waals surface area contributed by atoms with Crippen molar-refractivity contribution in [3.8, 4) is 5.75 Å². The van der Waals surface area contributed by atoms with Crippen LogP contribution in [0.5, 0.6) is 5.75 Å². The van der Waals surface area contributed by atoms with Crippen molar-refractivity contribution in [2.24, 2.45) is 10.7 Å². The van der Waals surface area contributed by atoms with Gasteiger partial charge in [-0.25, -0.2) is 0 Å². The van der Waals surface area contributed by atoms with E-state index in [2.05, 4.69) is 38.9 Å². The van der Waals surface area contributed by atoms with E-state index in [-0.39, 0.29) is 41.4 Å². The number of piperidine rings is 1. The summed E-state index contributed by atoms with van der Waals surface area (Å²) in [6.07, 6.45) is -2.53. The largest absolute Gasteiger partial charge is 0.573 e. The molecule has 27 heavy (non-hydrogen) atoms. The number of para-hydroxylation sites is 2. The number of alkyl halides is 3. The number of nitrogens with one attached hydrogen (secondary N) is 1. The van der Waals surface area contributed by atoms with Crippen LogP contribution in [0.2, 0.25) is 0 Å². The van der Waals surface area contributed by atoms with Gasteiger partial charge in [-0.1, -0.05) is 12.1 Å². The summed E-state index contributed by atoms with van der Waals surface area (Å²) in [7, 11) is 4.19. The minimum absolute atomic E-state index is 0. The highest BCUT2D eigenvalue weighted by atomic mass is 127. The second-order valence-electron chi connectivity index (χ2n) is 6.47. The van der Waals surface area contributed by atoms with Gasteiger partial charge in [0.2, 0.25) is 0 Å². The number of halogens is 4. The summed E-state index contributed by atoms with van der Waals surface area (Å²) in [6, 6.07) is 6.34. The van der Waals surface area contributed by atoms with Crippen LogP contribution in [0.15, 0.2) is 29.3 Å². The third-order valence-corrected chi connectivity index (χ3v) is 4.36. The topological polar surface area (TPSA) is 66.1 Å². The van der Waals surface area contributed by atoms with E-state index >= 15 is 0 Å². The number of likely N-dealkylation sites (tertiary alicyclic amines) is 1. The fraction of sp³-hybridized carbons (Fsp3) is 0.588. The van der Waals surface area contributed by atoms with Gasteiger partial charge in [-0.2, -0.15) is 0 Å². The van der Waals surface area contributed by atoms with Gasteiger partial charge < -0.3 is 25.6 Å². The molecule has 0 unspecified atom stereocenters. The fourth-order valence-corrected chi connectivity index (χ4v) is 2.93. The Labute approximate surface area is 174 Å². The van der Waals surface area contributed by atoms with E-state index in [1.807, 2.05) is 0 Å². The van der Waals surface area contributed by atoms with Crippen molar-refractivity contribution in [1.29, 1.82) is 0 Å². The first-order chi connectivity index (χ1) is 12.2. The van der Waals surface area contributed by atoms with E-state index in [4.69, 9.17) is 5.73 Å². The lowest BCUT2D eigenvalue weighted by atomic mass is 10.0. The molecule has 0 aliphatic carbocycles. The number of ether oxygens (including phenoxy) is 1. The normalized spacial score (nSPS) is 16.9. The molecule has 10 heteroatoms. The molecule has 0 amide bonds. The Morgan fingerprint density at radius 1 is 1.30 bits per heavy atom. The standard InChI is InChI=1S/C17H26F3N5O.HI/c1-24(2)13-7-10-25(11-8-13)12-9-22-16(21)23-14-5-3-4-6-15(14)26-17(18,19)20;/h3-6,13H,7-12H2,1-2H3,(H3,21,22,23);1H. The summed E-state index contributed by atoms with van der Waals surface area (Å²) >= 11 is 0. The fourth-order valence-electron chi connectivity index (χ4n) is 2.93. The number of benzene rings is 1. The monoisotopic (exact) mass is 501 g/mol. The van der Waals surface area contributed by atoms with Crippen LogP contribution < -0.4 is 15.8 Å². The number of aliphatic imine (C=N–C) groups is 1. The van der Waals surface area contributed by atoms with Crippen LogP contribution >= 0.6 is 24.0 Å². The zero-order valence-electron chi connectivity index (χ0n) is 15.5. The molecule has 1 aliphatic rings. The van der Waals surface area contributed by atoms with E-state index in [0.717, 1.165) is 32.5 Å². The zero-order chi connectivity index (χ0) is 19.2. The SMILES string of the molecule is CN(C)C1CCN(CCN=C(N)Nc2ccccc2OC(F)(F)F)CC1.I. The summed E-state index contributed by atoms with van der Waals surface area (Å²) in [5.74, 6) is -0.282. The molecule has 0 atom stereocenters. The molecular formula is C17H27F3IN5O. The summed E-state index contributed by atoms with van der Waals surface area (Å²) < 4.78 is 41.3. The summed E-state index contributed by atoms with van der Waals surface area (Å²) in [4.78, 5) is 8.76. The Kier molecular flexibility index (Phi) is 9.60. The lowest BCUT2D eigenvalue weighted by Crippen LogP contribution is -2.42. The molecule has 0 spiro atoms. The highest BCUT2D eigenvalue weighted by molar-refractivity contribution is 14.0. The third-order valence-electron chi connectivity index (χ3n) is 4.36. The average molecular weight is 501 g/mol. The van der Waals surface area contributed by atoms with E-state index in [0.29, 0.717) is 12.6 Å². The van der Waals surface area contributed by atoms with Crippen molar-refractivity contribution < 1.29 is 17.9 Å². The van der Waals surface area contributed by atoms with E-state index in [1.165, 1.54) is 18.2 Å². The Hall–Kier alpha value is -1.27. The van der Waals surface area contributed by atoms with Gasteiger partial charge >= 0.3 is 6.36 Å². The van der Waals surface area contributed by atoms with Gasteiger partial charge in [0.1, 0.15) is 0 Å². The average Bonchev–Trinajstić information content (AvgIpc) is 2.56. The highest BCUT2D eigenvalue weighted by Crippen LogP contribution is 2.29. The molecule has 6 nitrogen and oxygen atoms in total. The molecule has 1 saturated heterocycles. The predicted octanol–water partition coefficient (Wildman–Crippen LogP) is 2.96. The van der Waals surface area contributed by atoms with Gasteiger partial charge in [-0.15, -0.1) is 37.1 Å². The van der Waals surface area contributed by atoms with Crippen LogP contribution in [0.1, 0.15) is 12.8 Å². The van der Waals surface area contributed by atoms with Gasteiger partial charge in [0.15, 0.2) is 11.7 Å². The number of guanidine groups is 1. The lowest BCUT2D eigenvalue weighted by molar-refractivity contribution is -0.274. The molecule has 1 heterocycles. The molecule has 1 aromatic rings. The molecule has 1 fully saturated rings. The van der Waals surface area contributed by atoms with Crippen molar-refractivity contribution in [3.05, 3.63) is 24.3 Å². The molecular weight excluding hydrogens is 474 g/mol. The van der Waals surface area contributed by atoms with Crippen molar-refractivity contribution in [2.45, 2.75) is 25.2 Å². The first kappa shape index (κ1) is 23.8. The molecule has 1 aliphatic heterocycles. The van der Waals surface area contributed by atoms with E-state index in [9.17, 15) is 13.2 Å². The van der Waals surface area contributed by atoms with Gasteiger partial charge in [0.25, 0.3) is 0 Å². The zero-order valence-corrected chi connectivity index (χ0v) is 17.8. The first-order valence-corrected chi connectivity index (χ1v) is 8.55. The Bertz CT molecular complexity index is 604. The Balaban J connectivity index is 0.00000364. The molecule has 154 valence electrons. The van der Waals surface area contributed by atoms with Crippen LogP contribution in [0.3, 0.4) is 0 Å². The van der Waals surface area contributed by atoms with Gasteiger partial charge in [0, 0.05) is 12.6 Å². The third kappa shape index (κ3) is 8.52. The summed E-state index contributed by atoms with van der Waals surface area (Å²) in [5.41, 5.74) is 5.92. The maximum absolute atomic E-state index is 12.4. The minimum Gasteiger partial charge on any atom is -0.404 e. The Morgan fingerprint density at radius 2 is 1.93 bits per heavy atom. The van der Waals surface area contributed by atoms with Crippen molar-refractivity contribution >= 4 is 35.6 Å². The van der Waals surface area contributed by atoms with Crippen LogP contribution in [0.4, 0.5) is 18.9 Å². The van der Waals surface area contributed by atoms with E-state index < -0.39 is 6.36 Å². The second-order valence-corrected chi connectivity index (χ2v) is 6.47. The molecule has 0 aromatic heterocycles. The summed E-state index contributed by atoms with van der Waals surface area (Å²) in [6.45, 7) is 3.26. The highest BCUT2D eigenvalue weighted by Gasteiger charge is 2.32. The molecule has 2 rings (SSSR count). The van der Waals surface area contributed by atoms with Crippen LogP contribution in [-0.4, -0.2) is 68.4 Å². The van der Waals surface area contributed by atoms with Crippen LogP contribution in [-0.2, 0) is 0 Å². The Morgan fingerprint density at radius 3 is 2.52 bits per heavy atom. The van der Waals surface area contributed by atoms with Crippen molar-refractivity contribution in [1.82, 2.24) is 9.80 Å². The molecule has 3 N–H and O–H groups in total. The van der Waals surface area contributed by atoms with Crippen molar-refractivity contribution in [2.75, 3.05) is 45.6 Å². The van der Waals surface area contributed by atoms with Crippen LogP contribution in [0, 0.1) is 0 Å². The lowest BCUT2D eigenvalue weighted by Gasteiger charge is -2.34. The first-order valence-electron chi connectivity index (χ1n) is 8.55. The molecule has 0 saturated carbocycles. The number of hydrogen-bond donors (Lipinski definition) is 2. The number of anilines is 1. The number of nitrogens with two attached hydrogens (primary N) is 1. The van der Waals surface area contributed by atoms with Crippen molar-refractivity contribution in [3.63, 3.8) is 0 Å².